The van der Waals surface area contributed by atoms with Gasteiger partial charge in [-0.1, -0.05) is 19.4 Å². The molecule has 1 rings (SSSR count). The molecule has 0 saturated heterocycles. The molecule has 16 heavy (non-hydrogen) atoms. The van der Waals surface area contributed by atoms with Gasteiger partial charge in [-0.15, -0.1) is 11.3 Å². The fourth-order valence-corrected chi connectivity index (χ4v) is 2.27. The number of thiophene rings is 1. The van der Waals surface area contributed by atoms with Crippen LogP contribution in [-0.2, 0) is 11.3 Å². The quantitative estimate of drug-likeness (QED) is 0.789. The first kappa shape index (κ1) is 12.7. The lowest BCUT2D eigenvalue weighted by atomic mass is 10.0. The molecule has 0 spiro atoms. The lowest BCUT2D eigenvalue weighted by Gasteiger charge is -2.18. The average molecular weight is 236 g/mol. The number of nitriles is 1. The van der Waals surface area contributed by atoms with Crippen LogP contribution >= 0.6 is 11.3 Å². The Morgan fingerprint density at radius 2 is 2.44 bits per heavy atom. The highest BCUT2D eigenvalue weighted by atomic mass is 32.1. The summed E-state index contributed by atoms with van der Waals surface area (Å²) >= 11 is 1.62. The van der Waals surface area contributed by atoms with Crippen LogP contribution in [0.1, 0.15) is 24.6 Å². The summed E-state index contributed by atoms with van der Waals surface area (Å²) in [5.74, 6) is -0.562. The first-order valence-corrected chi connectivity index (χ1v) is 6.24. The first-order chi connectivity index (χ1) is 7.69. The molecule has 0 aliphatic carbocycles. The molecule has 0 saturated carbocycles. The summed E-state index contributed by atoms with van der Waals surface area (Å²) in [6.07, 6.45) is 1.50. The van der Waals surface area contributed by atoms with E-state index in [0.717, 1.165) is 11.3 Å². The van der Waals surface area contributed by atoms with Crippen molar-refractivity contribution in [2.45, 2.75) is 26.3 Å². The van der Waals surface area contributed by atoms with Crippen LogP contribution in [0, 0.1) is 17.2 Å². The molecule has 0 aliphatic heterocycles. The molecule has 1 aromatic rings. The van der Waals surface area contributed by atoms with Gasteiger partial charge in [-0.3, -0.25) is 4.79 Å². The summed E-state index contributed by atoms with van der Waals surface area (Å²) in [7, 11) is 1.75. The Morgan fingerprint density at radius 3 is 2.94 bits per heavy atom. The lowest BCUT2D eigenvalue weighted by molar-refractivity contribution is -0.133. The van der Waals surface area contributed by atoms with E-state index in [-0.39, 0.29) is 5.91 Å². The highest BCUT2D eigenvalue weighted by molar-refractivity contribution is 7.09. The second kappa shape index (κ2) is 6.29. The molecule has 1 amide bonds. The SMILES string of the molecule is CCCC(C#N)C(=O)N(C)Cc1cccs1. The van der Waals surface area contributed by atoms with Crippen molar-refractivity contribution in [1.82, 2.24) is 4.90 Å². The zero-order valence-electron chi connectivity index (χ0n) is 9.64. The molecule has 86 valence electrons. The van der Waals surface area contributed by atoms with Gasteiger partial charge in [-0.2, -0.15) is 5.26 Å². The molecule has 1 unspecified atom stereocenters. The Hall–Kier alpha value is -1.34. The number of nitrogens with zero attached hydrogens (tertiary/aromatic N) is 2. The van der Waals surface area contributed by atoms with Crippen LogP contribution in [0.5, 0.6) is 0 Å². The van der Waals surface area contributed by atoms with Crippen molar-refractivity contribution in [2.24, 2.45) is 5.92 Å². The Kier molecular flexibility index (Phi) is 5.00. The Morgan fingerprint density at radius 1 is 1.69 bits per heavy atom. The van der Waals surface area contributed by atoms with E-state index in [4.69, 9.17) is 5.26 Å². The first-order valence-electron chi connectivity index (χ1n) is 5.36. The topological polar surface area (TPSA) is 44.1 Å². The third kappa shape index (κ3) is 3.35. The van der Waals surface area contributed by atoms with Crippen molar-refractivity contribution >= 4 is 17.2 Å². The van der Waals surface area contributed by atoms with E-state index >= 15 is 0 Å². The predicted octanol–water partition coefficient (Wildman–Crippen LogP) is 2.65. The maximum Gasteiger partial charge on any atom is 0.239 e. The van der Waals surface area contributed by atoms with Gasteiger partial charge in [0.25, 0.3) is 0 Å². The van der Waals surface area contributed by atoms with E-state index < -0.39 is 5.92 Å². The zero-order chi connectivity index (χ0) is 12.0. The highest BCUT2D eigenvalue weighted by Crippen LogP contribution is 2.14. The number of amides is 1. The summed E-state index contributed by atoms with van der Waals surface area (Å²) in [5, 5.41) is 10.9. The summed E-state index contributed by atoms with van der Waals surface area (Å²) in [6, 6.07) is 6.04. The lowest BCUT2D eigenvalue weighted by Crippen LogP contribution is -2.31. The molecule has 1 atom stereocenters. The number of hydrogen-bond acceptors (Lipinski definition) is 3. The van der Waals surface area contributed by atoms with Crippen LogP contribution in [0.15, 0.2) is 17.5 Å². The normalized spacial score (nSPS) is 11.8. The Balaban J connectivity index is 2.56. The molecule has 1 aromatic heterocycles. The highest BCUT2D eigenvalue weighted by Gasteiger charge is 2.20. The molecule has 0 bridgehead atoms. The monoisotopic (exact) mass is 236 g/mol. The van der Waals surface area contributed by atoms with Crippen LogP contribution in [0.25, 0.3) is 0 Å². The third-order valence-corrected chi connectivity index (χ3v) is 3.24. The van der Waals surface area contributed by atoms with Gasteiger partial charge in [0.05, 0.1) is 12.6 Å². The maximum absolute atomic E-state index is 11.9. The van der Waals surface area contributed by atoms with Gasteiger partial charge < -0.3 is 4.90 Å². The van der Waals surface area contributed by atoms with Gasteiger partial charge in [0, 0.05) is 11.9 Å². The third-order valence-electron chi connectivity index (χ3n) is 2.38. The molecule has 0 radical (unpaired) electrons. The van der Waals surface area contributed by atoms with Gasteiger partial charge >= 0.3 is 0 Å². The molecule has 0 aromatic carbocycles. The summed E-state index contributed by atoms with van der Waals surface area (Å²) in [6.45, 7) is 2.58. The van der Waals surface area contributed by atoms with E-state index in [9.17, 15) is 4.79 Å². The second-order valence-electron chi connectivity index (χ2n) is 3.74. The van der Waals surface area contributed by atoms with Crippen molar-refractivity contribution in [3.63, 3.8) is 0 Å². The Labute approximate surface area is 100 Å². The Bertz CT molecular complexity index is 367. The fourth-order valence-electron chi connectivity index (χ4n) is 1.51. The molecule has 0 fully saturated rings. The van der Waals surface area contributed by atoms with Crippen LogP contribution in [0.4, 0.5) is 0 Å². The van der Waals surface area contributed by atoms with Gasteiger partial charge in [-0.25, -0.2) is 0 Å². The molecule has 0 aliphatic rings. The minimum absolute atomic E-state index is 0.0715. The van der Waals surface area contributed by atoms with Crippen molar-refractivity contribution in [3.05, 3.63) is 22.4 Å². The zero-order valence-corrected chi connectivity index (χ0v) is 10.5. The summed E-state index contributed by atoms with van der Waals surface area (Å²) < 4.78 is 0. The van der Waals surface area contributed by atoms with Crippen LogP contribution in [0.3, 0.4) is 0 Å². The number of carbonyl (C=O) groups excluding carboxylic acids is 1. The van der Waals surface area contributed by atoms with Crippen molar-refractivity contribution < 1.29 is 4.79 Å². The number of rotatable bonds is 5. The second-order valence-corrected chi connectivity index (χ2v) is 4.78. The van der Waals surface area contributed by atoms with Crippen LogP contribution in [0.2, 0.25) is 0 Å². The van der Waals surface area contributed by atoms with Crippen LogP contribution < -0.4 is 0 Å². The average Bonchev–Trinajstić information content (AvgIpc) is 2.77. The molecular weight excluding hydrogens is 220 g/mol. The van der Waals surface area contributed by atoms with Gasteiger partial charge in [0.15, 0.2) is 0 Å². The summed E-state index contributed by atoms with van der Waals surface area (Å²) in [5.41, 5.74) is 0. The predicted molar refractivity (Wildman–Crippen MR) is 64.8 cm³/mol. The minimum atomic E-state index is -0.491. The molecule has 4 heteroatoms. The van der Waals surface area contributed by atoms with Gasteiger partial charge in [0.1, 0.15) is 5.92 Å². The number of hydrogen-bond donors (Lipinski definition) is 0. The largest absolute Gasteiger partial charge is 0.339 e. The molecule has 3 nitrogen and oxygen atoms in total. The van der Waals surface area contributed by atoms with Crippen LogP contribution in [-0.4, -0.2) is 17.9 Å². The fraction of sp³-hybridized carbons (Fsp3) is 0.500. The van der Waals surface area contributed by atoms with E-state index in [1.807, 2.05) is 24.4 Å². The van der Waals surface area contributed by atoms with E-state index in [1.165, 1.54) is 0 Å². The molecule has 0 N–H and O–H groups in total. The molecular formula is C12H16N2OS. The molecule has 1 heterocycles. The van der Waals surface area contributed by atoms with E-state index in [0.29, 0.717) is 13.0 Å². The summed E-state index contributed by atoms with van der Waals surface area (Å²) in [4.78, 5) is 14.7. The van der Waals surface area contributed by atoms with Crippen molar-refractivity contribution in [2.75, 3.05) is 7.05 Å². The maximum atomic E-state index is 11.9. The van der Waals surface area contributed by atoms with Crippen molar-refractivity contribution in [3.8, 4) is 6.07 Å². The standard InChI is InChI=1S/C12H16N2OS/c1-3-5-10(8-13)12(15)14(2)9-11-6-4-7-16-11/h4,6-7,10H,3,5,9H2,1-2H3. The van der Waals surface area contributed by atoms with E-state index in [2.05, 4.69) is 6.07 Å². The minimum Gasteiger partial charge on any atom is -0.339 e. The number of carbonyl (C=O) groups is 1. The van der Waals surface area contributed by atoms with E-state index in [1.54, 1.807) is 23.3 Å². The van der Waals surface area contributed by atoms with Crippen molar-refractivity contribution in [1.29, 1.82) is 5.26 Å². The van der Waals surface area contributed by atoms with Gasteiger partial charge in [0.2, 0.25) is 5.91 Å². The van der Waals surface area contributed by atoms with Gasteiger partial charge in [-0.05, 0) is 17.9 Å². The smallest absolute Gasteiger partial charge is 0.239 e.